The summed E-state index contributed by atoms with van der Waals surface area (Å²) in [5.74, 6) is 0.826. The molecule has 228 valence electrons. The Kier molecular flexibility index (Phi) is 6.89. The van der Waals surface area contributed by atoms with Gasteiger partial charge >= 0.3 is 0 Å². The summed E-state index contributed by atoms with van der Waals surface area (Å²) in [5.41, 5.74) is 8.27. The quantitative estimate of drug-likeness (QED) is 0.188. The Morgan fingerprint density at radius 3 is 2.28 bits per heavy atom. The number of nitrogens with zero attached hydrogens (tertiary/aromatic N) is 3. The van der Waals surface area contributed by atoms with Gasteiger partial charge < -0.3 is 14.5 Å². The predicted molar refractivity (Wildman–Crippen MR) is 198 cm³/mol. The molecule has 0 radical (unpaired) electrons. The van der Waals surface area contributed by atoms with E-state index in [-0.39, 0.29) is 5.41 Å². The molecular formula is C40H35N3OS2. The third kappa shape index (κ3) is 5.02. The Morgan fingerprint density at radius 2 is 1.48 bits per heavy atom. The minimum absolute atomic E-state index is 0.0233. The molecule has 4 heterocycles. The highest BCUT2D eigenvalue weighted by molar-refractivity contribution is 7.21. The van der Waals surface area contributed by atoms with Gasteiger partial charge in [-0.3, -0.25) is 4.98 Å². The summed E-state index contributed by atoms with van der Waals surface area (Å²) >= 11 is 3.48. The SMILES string of the molecule is CC1=C(C)N(c2cccc(Oc3cc4c(-c5cc(C(C)(C)C)ccn5)c5cc6ccsc6cc5cc4s3)c2)CN1c1ccccc1. The lowest BCUT2D eigenvalue weighted by atomic mass is 9.86. The summed E-state index contributed by atoms with van der Waals surface area (Å²) in [7, 11) is 0. The third-order valence-corrected chi connectivity index (χ3v) is 10.9. The monoisotopic (exact) mass is 637 g/mol. The van der Waals surface area contributed by atoms with Gasteiger partial charge in [0.05, 0.1) is 12.4 Å². The molecule has 0 atom stereocenters. The van der Waals surface area contributed by atoms with Gasteiger partial charge in [-0.05, 0) is 107 Å². The normalized spacial score (nSPS) is 13.9. The summed E-state index contributed by atoms with van der Waals surface area (Å²) in [4.78, 5) is 9.64. The number of para-hydroxylation sites is 1. The van der Waals surface area contributed by atoms with Gasteiger partial charge in [0.2, 0.25) is 0 Å². The molecule has 0 spiro atoms. The summed E-state index contributed by atoms with van der Waals surface area (Å²) < 4.78 is 9.13. The maximum atomic E-state index is 6.64. The second kappa shape index (κ2) is 11.0. The molecule has 8 rings (SSSR count). The number of aromatic nitrogens is 1. The minimum Gasteiger partial charge on any atom is -0.447 e. The van der Waals surface area contributed by atoms with Crippen molar-refractivity contribution in [3.63, 3.8) is 0 Å². The first kappa shape index (κ1) is 28.8. The van der Waals surface area contributed by atoms with Crippen molar-refractivity contribution in [2.75, 3.05) is 16.5 Å². The first-order valence-electron chi connectivity index (χ1n) is 15.6. The van der Waals surface area contributed by atoms with E-state index in [1.807, 2.05) is 12.3 Å². The molecule has 3 aromatic heterocycles. The maximum Gasteiger partial charge on any atom is 0.182 e. The van der Waals surface area contributed by atoms with Crippen LogP contribution in [0.2, 0.25) is 0 Å². The number of thiophene rings is 2. The van der Waals surface area contributed by atoms with E-state index in [0.29, 0.717) is 0 Å². The average molecular weight is 638 g/mol. The fraction of sp³-hybridized carbons (Fsp3) is 0.175. The minimum atomic E-state index is 0.0233. The Hall–Kier alpha value is -4.65. The van der Waals surface area contributed by atoms with E-state index < -0.39 is 0 Å². The number of ether oxygens (including phenoxy) is 1. The zero-order chi connectivity index (χ0) is 31.6. The summed E-state index contributed by atoms with van der Waals surface area (Å²) in [6.45, 7) is 11.9. The van der Waals surface area contributed by atoms with E-state index in [1.54, 1.807) is 22.7 Å². The van der Waals surface area contributed by atoms with Crippen molar-refractivity contribution in [3.8, 4) is 22.1 Å². The molecule has 4 nitrogen and oxygen atoms in total. The fourth-order valence-corrected chi connectivity index (χ4v) is 8.23. The average Bonchev–Trinajstić information content (AvgIpc) is 3.76. The summed E-state index contributed by atoms with van der Waals surface area (Å²) in [5, 5.41) is 7.92. The van der Waals surface area contributed by atoms with E-state index in [4.69, 9.17) is 9.72 Å². The molecule has 1 aliphatic rings. The molecule has 46 heavy (non-hydrogen) atoms. The van der Waals surface area contributed by atoms with Crippen LogP contribution in [0.3, 0.4) is 0 Å². The predicted octanol–water partition coefficient (Wildman–Crippen LogP) is 12.0. The van der Waals surface area contributed by atoms with Gasteiger partial charge in [0.25, 0.3) is 0 Å². The fourth-order valence-electron chi connectivity index (χ4n) is 6.43. The second-order valence-corrected chi connectivity index (χ2v) is 15.0. The van der Waals surface area contributed by atoms with Crippen LogP contribution in [0.1, 0.15) is 40.2 Å². The Morgan fingerprint density at radius 1 is 0.717 bits per heavy atom. The van der Waals surface area contributed by atoms with Crippen molar-refractivity contribution in [1.82, 2.24) is 4.98 Å². The molecule has 7 aromatic rings. The first-order chi connectivity index (χ1) is 22.2. The highest BCUT2D eigenvalue weighted by Crippen LogP contribution is 2.45. The third-order valence-electron chi connectivity index (χ3n) is 9.10. The van der Waals surface area contributed by atoms with Gasteiger partial charge in [-0.2, -0.15) is 0 Å². The molecule has 0 amide bonds. The molecule has 0 saturated carbocycles. The summed E-state index contributed by atoms with van der Waals surface area (Å²) in [6.07, 6.45) is 1.95. The van der Waals surface area contributed by atoms with Crippen LogP contribution in [0.25, 0.3) is 42.2 Å². The van der Waals surface area contributed by atoms with Gasteiger partial charge in [0.15, 0.2) is 5.06 Å². The van der Waals surface area contributed by atoms with Crippen LogP contribution < -0.4 is 14.5 Å². The molecular weight excluding hydrogens is 603 g/mol. The van der Waals surface area contributed by atoms with Crippen molar-refractivity contribution in [2.24, 2.45) is 0 Å². The van der Waals surface area contributed by atoms with Crippen LogP contribution in [0.5, 0.6) is 10.8 Å². The molecule has 0 bridgehead atoms. The van der Waals surface area contributed by atoms with Crippen LogP contribution in [0.4, 0.5) is 11.4 Å². The number of fused-ring (bicyclic) bond motifs is 3. The molecule has 4 aromatic carbocycles. The second-order valence-electron chi connectivity index (χ2n) is 13.0. The van der Waals surface area contributed by atoms with Gasteiger partial charge in [0, 0.05) is 61.4 Å². The largest absolute Gasteiger partial charge is 0.447 e. The van der Waals surface area contributed by atoms with Crippen LogP contribution in [-0.4, -0.2) is 11.7 Å². The Bertz CT molecular complexity index is 2290. The number of hydrogen-bond donors (Lipinski definition) is 0. The van der Waals surface area contributed by atoms with Crippen molar-refractivity contribution in [2.45, 2.75) is 40.0 Å². The summed E-state index contributed by atoms with van der Waals surface area (Å²) in [6, 6.07) is 34.8. The molecule has 0 fully saturated rings. The zero-order valence-corrected chi connectivity index (χ0v) is 28.3. The topological polar surface area (TPSA) is 28.6 Å². The first-order valence-corrected chi connectivity index (χ1v) is 17.3. The number of hydrogen-bond acceptors (Lipinski definition) is 6. The number of benzene rings is 4. The molecule has 1 aliphatic heterocycles. The lowest BCUT2D eigenvalue weighted by molar-refractivity contribution is 0.497. The number of allylic oxidation sites excluding steroid dienone is 2. The molecule has 0 unspecified atom stereocenters. The van der Waals surface area contributed by atoms with Crippen LogP contribution in [0, 0.1) is 0 Å². The van der Waals surface area contributed by atoms with E-state index in [1.165, 1.54) is 59.2 Å². The van der Waals surface area contributed by atoms with Gasteiger partial charge in [-0.15, -0.1) is 11.3 Å². The lowest BCUT2D eigenvalue weighted by Crippen LogP contribution is -2.26. The van der Waals surface area contributed by atoms with Crippen LogP contribution in [0.15, 0.2) is 120 Å². The van der Waals surface area contributed by atoms with E-state index in [9.17, 15) is 0 Å². The van der Waals surface area contributed by atoms with Crippen LogP contribution in [-0.2, 0) is 5.41 Å². The number of rotatable bonds is 5. The van der Waals surface area contributed by atoms with E-state index in [0.717, 1.165) is 28.9 Å². The zero-order valence-electron chi connectivity index (χ0n) is 26.7. The number of anilines is 2. The smallest absolute Gasteiger partial charge is 0.182 e. The molecule has 0 N–H and O–H groups in total. The molecule has 6 heteroatoms. The van der Waals surface area contributed by atoms with Crippen molar-refractivity contribution in [1.29, 1.82) is 0 Å². The van der Waals surface area contributed by atoms with Crippen molar-refractivity contribution in [3.05, 3.63) is 126 Å². The van der Waals surface area contributed by atoms with E-state index in [2.05, 4.69) is 141 Å². The Labute approximate surface area is 277 Å². The highest BCUT2D eigenvalue weighted by Gasteiger charge is 2.26. The van der Waals surface area contributed by atoms with E-state index >= 15 is 0 Å². The highest BCUT2D eigenvalue weighted by atomic mass is 32.1. The van der Waals surface area contributed by atoms with Gasteiger partial charge in [-0.1, -0.05) is 56.4 Å². The van der Waals surface area contributed by atoms with Gasteiger partial charge in [0.1, 0.15) is 5.75 Å². The van der Waals surface area contributed by atoms with Crippen LogP contribution >= 0.6 is 22.7 Å². The lowest BCUT2D eigenvalue weighted by Gasteiger charge is -2.24. The van der Waals surface area contributed by atoms with Crippen molar-refractivity contribution >= 4 is 65.0 Å². The standard InChI is InChI=1S/C40H35N3OS2/c1-25-26(2)43(24-42(25)30-10-7-6-8-11-30)31-12-9-13-32(22-31)44-38-23-34-37(46-38)20-28-19-36-27(15-17-45-36)18-33(28)39(34)35-21-29(14-16-41-35)40(3,4)5/h6-23H,24H2,1-5H3. The van der Waals surface area contributed by atoms with Crippen molar-refractivity contribution < 1.29 is 4.74 Å². The Balaban J connectivity index is 1.19. The maximum absolute atomic E-state index is 6.64. The molecule has 0 saturated heterocycles. The molecule has 0 aliphatic carbocycles. The van der Waals surface area contributed by atoms with Gasteiger partial charge in [-0.25, -0.2) is 0 Å². The number of pyridine rings is 1.